The highest BCUT2D eigenvalue weighted by atomic mass is 16.5. The Balaban J connectivity index is 2.48. The third-order valence-electron chi connectivity index (χ3n) is 3.00. The molecule has 0 aliphatic carbocycles. The first-order valence-electron chi connectivity index (χ1n) is 6.49. The van der Waals surface area contributed by atoms with Crippen molar-refractivity contribution in [2.45, 2.75) is 26.2 Å². The summed E-state index contributed by atoms with van der Waals surface area (Å²) < 4.78 is 4.40. The van der Waals surface area contributed by atoms with Gasteiger partial charge in [0.2, 0.25) is 0 Å². The molecular formula is C15H21NO3. The second-order valence-corrected chi connectivity index (χ2v) is 4.53. The topological polar surface area (TPSA) is 46.6 Å². The van der Waals surface area contributed by atoms with Crippen LogP contribution < -0.4 is 0 Å². The third kappa shape index (κ3) is 4.73. The SMILES string of the molecule is CCCc1ccc(CCN(C)C(=O)C(=O)OC)cc1. The fourth-order valence-corrected chi connectivity index (χ4v) is 1.80. The largest absolute Gasteiger partial charge is 0.462 e. The minimum atomic E-state index is -0.819. The number of benzene rings is 1. The normalized spacial score (nSPS) is 10.1. The van der Waals surface area contributed by atoms with E-state index in [-0.39, 0.29) is 0 Å². The standard InChI is InChI=1S/C15H21NO3/c1-4-5-12-6-8-13(9-7-12)10-11-16(2)14(17)15(18)19-3/h6-9H,4-5,10-11H2,1-3H3. The third-order valence-corrected chi connectivity index (χ3v) is 3.00. The van der Waals surface area contributed by atoms with Crippen LogP contribution in [0.5, 0.6) is 0 Å². The molecule has 0 bridgehead atoms. The van der Waals surface area contributed by atoms with Crippen LogP contribution in [0.15, 0.2) is 24.3 Å². The number of carbonyl (C=O) groups excluding carboxylic acids is 2. The minimum absolute atomic E-state index is 0.501. The van der Waals surface area contributed by atoms with Gasteiger partial charge in [0.15, 0.2) is 0 Å². The molecule has 0 spiro atoms. The maximum atomic E-state index is 11.5. The molecule has 0 heterocycles. The van der Waals surface area contributed by atoms with Crippen LogP contribution >= 0.6 is 0 Å². The molecule has 4 heteroatoms. The molecule has 0 atom stereocenters. The van der Waals surface area contributed by atoms with Crippen LogP contribution in [0, 0.1) is 0 Å². The summed E-state index contributed by atoms with van der Waals surface area (Å²) in [5.74, 6) is -1.43. The molecule has 0 saturated carbocycles. The van der Waals surface area contributed by atoms with Crippen molar-refractivity contribution < 1.29 is 14.3 Å². The molecule has 19 heavy (non-hydrogen) atoms. The molecule has 4 nitrogen and oxygen atoms in total. The van der Waals surface area contributed by atoms with Crippen molar-refractivity contribution in [3.05, 3.63) is 35.4 Å². The van der Waals surface area contributed by atoms with Gasteiger partial charge in [-0.2, -0.15) is 0 Å². The van der Waals surface area contributed by atoms with Gasteiger partial charge in [0, 0.05) is 13.6 Å². The van der Waals surface area contributed by atoms with Gasteiger partial charge in [-0.05, 0) is 24.0 Å². The predicted molar refractivity (Wildman–Crippen MR) is 73.8 cm³/mol. The van der Waals surface area contributed by atoms with Crippen molar-refractivity contribution >= 4 is 11.9 Å². The Bertz CT molecular complexity index is 426. The first-order chi connectivity index (χ1) is 9.08. The molecule has 1 amide bonds. The van der Waals surface area contributed by atoms with E-state index in [1.165, 1.54) is 17.6 Å². The Hall–Kier alpha value is -1.84. The van der Waals surface area contributed by atoms with Crippen molar-refractivity contribution in [1.82, 2.24) is 4.90 Å². The Morgan fingerprint density at radius 3 is 2.11 bits per heavy atom. The summed E-state index contributed by atoms with van der Waals surface area (Å²) in [5, 5.41) is 0. The van der Waals surface area contributed by atoms with E-state index >= 15 is 0 Å². The first kappa shape index (κ1) is 15.2. The number of amides is 1. The fourth-order valence-electron chi connectivity index (χ4n) is 1.80. The molecule has 0 radical (unpaired) electrons. The summed E-state index contributed by atoms with van der Waals surface area (Å²) in [7, 11) is 2.81. The number of aryl methyl sites for hydroxylation is 1. The average molecular weight is 263 g/mol. The average Bonchev–Trinajstić information content (AvgIpc) is 2.44. The van der Waals surface area contributed by atoms with Crippen molar-refractivity contribution in [1.29, 1.82) is 0 Å². The lowest BCUT2D eigenvalue weighted by atomic mass is 10.1. The predicted octanol–water partition coefficient (Wildman–Crippen LogP) is 1.81. The Morgan fingerprint density at radius 1 is 1.11 bits per heavy atom. The van der Waals surface area contributed by atoms with Crippen LogP contribution in [0.3, 0.4) is 0 Å². The quantitative estimate of drug-likeness (QED) is 0.601. The van der Waals surface area contributed by atoms with Crippen LogP contribution in [-0.2, 0) is 27.2 Å². The summed E-state index contributed by atoms with van der Waals surface area (Å²) in [6.07, 6.45) is 2.95. The zero-order valence-corrected chi connectivity index (χ0v) is 11.8. The molecule has 0 N–H and O–H groups in total. The van der Waals surface area contributed by atoms with Gasteiger partial charge in [-0.25, -0.2) is 4.79 Å². The van der Waals surface area contributed by atoms with Crippen LogP contribution in [0.25, 0.3) is 0 Å². The number of carbonyl (C=O) groups is 2. The number of ether oxygens (including phenoxy) is 1. The number of hydrogen-bond donors (Lipinski definition) is 0. The van der Waals surface area contributed by atoms with Crippen molar-refractivity contribution in [3.8, 4) is 0 Å². The zero-order chi connectivity index (χ0) is 14.3. The molecule has 0 aliphatic rings. The van der Waals surface area contributed by atoms with Gasteiger partial charge >= 0.3 is 11.9 Å². The lowest BCUT2D eigenvalue weighted by Crippen LogP contribution is -2.35. The van der Waals surface area contributed by atoms with E-state index in [2.05, 4.69) is 35.9 Å². The maximum Gasteiger partial charge on any atom is 0.396 e. The van der Waals surface area contributed by atoms with Crippen LogP contribution in [0.2, 0.25) is 0 Å². The number of methoxy groups -OCH3 is 1. The van der Waals surface area contributed by atoms with Gasteiger partial charge in [0.05, 0.1) is 7.11 Å². The molecule has 0 unspecified atom stereocenters. The number of esters is 1. The molecule has 1 aromatic rings. The van der Waals surface area contributed by atoms with E-state index in [1.54, 1.807) is 7.05 Å². The maximum absolute atomic E-state index is 11.5. The summed E-state index contributed by atoms with van der Waals surface area (Å²) >= 11 is 0. The van der Waals surface area contributed by atoms with Gasteiger partial charge in [-0.3, -0.25) is 4.79 Å². The molecule has 0 aliphatic heterocycles. The molecule has 0 saturated heterocycles. The van der Waals surface area contributed by atoms with Crippen molar-refractivity contribution in [3.63, 3.8) is 0 Å². The monoisotopic (exact) mass is 263 g/mol. The van der Waals surface area contributed by atoms with Crippen LogP contribution in [-0.4, -0.2) is 37.5 Å². The lowest BCUT2D eigenvalue weighted by molar-refractivity contribution is -0.157. The van der Waals surface area contributed by atoms with E-state index in [4.69, 9.17) is 0 Å². The number of rotatable bonds is 5. The summed E-state index contributed by atoms with van der Waals surface area (Å²) in [6, 6.07) is 8.37. The highest BCUT2D eigenvalue weighted by molar-refractivity contribution is 6.32. The van der Waals surface area contributed by atoms with Crippen LogP contribution in [0.1, 0.15) is 24.5 Å². The lowest BCUT2D eigenvalue weighted by Gasteiger charge is -2.15. The van der Waals surface area contributed by atoms with Gasteiger partial charge in [-0.1, -0.05) is 37.6 Å². The molecule has 0 aromatic heterocycles. The second-order valence-electron chi connectivity index (χ2n) is 4.53. The number of hydrogen-bond acceptors (Lipinski definition) is 3. The molecular weight excluding hydrogens is 242 g/mol. The molecule has 1 aromatic carbocycles. The van der Waals surface area contributed by atoms with E-state index < -0.39 is 11.9 Å². The summed E-state index contributed by atoms with van der Waals surface area (Å²) in [5.41, 5.74) is 2.48. The first-order valence-corrected chi connectivity index (χ1v) is 6.49. The second kappa shape index (κ2) is 7.56. The molecule has 1 rings (SSSR count). The van der Waals surface area contributed by atoms with Crippen LogP contribution in [0.4, 0.5) is 0 Å². The molecule has 104 valence electrons. The number of likely N-dealkylation sites (N-methyl/N-ethyl adjacent to an activating group) is 1. The van der Waals surface area contributed by atoms with E-state index in [9.17, 15) is 9.59 Å². The Labute approximate surface area is 114 Å². The van der Waals surface area contributed by atoms with Gasteiger partial charge in [0.1, 0.15) is 0 Å². The summed E-state index contributed by atoms with van der Waals surface area (Å²) in [4.78, 5) is 23.9. The minimum Gasteiger partial charge on any atom is -0.462 e. The highest BCUT2D eigenvalue weighted by Gasteiger charge is 2.18. The van der Waals surface area contributed by atoms with E-state index in [1.807, 2.05) is 0 Å². The smallest absolute Gasteiger partial charge is 0.396 e. The molecule has 0 fully saturated rings. The van der Waals surface area contributed by atoms with Crippen molar-refractivity contribution in [2.24, 2.45) is 0 Å². The van der Waals surface area contributed by atoms with E-state index in [0.717, 1.165) is 24.8 Å². The summed E-state index contributed by atoms with van der Waals surface area (Å²) in [6.45, 7) is 2.66. The van der Waals surface area contributed by atoms with Gasteiger partial charge in [0.25, 0.3) is 0 Å². The Kier molecular flexibility index (Phi) is 6.06. The van der Waals surface area contributed by atoms with Gasteiger partial charge in [-0.15, -0.1) is 0 Å². The number of nitrogens with zero attached hydrogens (tertiary/aromatic N) is 1. The van der Waals surface area contributed by atoms with Crippen molar-refractivity contribution in [2.75, 3.05) is 20.7 Å². The van der Waals surface area contributed by atoms with Gasteiger partial charge < -0.3 is 9.64 Å². The Morgan fingerprint density at radius 2 is 1.63 bits per heavy atom. The highest BCUT2D eigenvalue weighted by Crippen LogP contribution is 2.07. The fraction of sp³-hybridized carbons (Fsp3) is 0.467. The van der Waals surface area contributed by atoms with E-state index in [0.29, 0.717) is 6.54 Å². The zero-order valence-electron chi connectivity index (χ0n) is 11.8.